The minimum atomic E-state index is -3.79. The number of hydrogen-bond donors (Lipinski definition) is 2. The lowest BCUT2D eigenvalue weighted by atomic mass is 9.94. The molecule has 0 spiro atoms. The first-order valence-electron chi connectivity index (χ1n) is 9.40. The van der Waals surface area contributed by atoms with E-state index in [2.05, 4.69) is 25.2 Å². The van der Waals surface area contributed by atoms with E-state index in [1.54, 1.807) is 0 Å². The van der Waals surface area contributed by atoms with Crippen molar-refractivity contribution >= 4 is 16.4 Å². The van der Waals surface area contributed by atoms with Crippen LogP contribution in [0.3, 0.4) is 0 Å². The van der Waals surface area contributed by atoms with Crippen LogP contribution in [0, 0.1) is 0 Å². The van der Waals surface area contributed by atoms with Crippen molar-refractivity contribution in [2.45, 2.75) is 57.4 Å². The number of aliphatic hydroxyl groups is 1. The Labute approximate surface area is 160 Å². The summed E-state index contributed by atoms with van der Waals surface area (Å²) in [6.45, 7) is 5.35. The molecular weight excluding hydrogens is 368 g/mol. The number of fused-ring (bicyclic) bond motifs is 1. The van der Waals surface area contributed by atoms with Gasteiger partial charge >= 0.3 is 0 Å². The Balaban J connectivity index is 1.77. The second-order valence-electron chi connectivity index (χ2n) is 7.71. The minimum Gasteiger partial charge on any atom is -0.373 e. The SMILES string of the molecule is CC(C)c1ccc2c(c1)CCN(S(=O)(=O)C[C@](O)(NC=O)[C@H]1CCCO1)C2. The average Bonchev–Trinajstić information content (AvgIpc) is 3.16. The fourth-order valence-corrected chi connectivity index (χ4v) is 5.51. The van der Waals surface area contributed by atoms with Crippen molar-refractivity contribution in [3.05, 3.63) is 34.9 Å². The Morgan fingerprint density at radius 2 is 2.19 bits per heavy atom. The summed E-state index contributed by atoms with van der Waals surface area (Å²) in [4.78, 5) is 11.0. The molecule has 2 heterocycles. The van der Waals surface area contributed by atoms with Crippen LogP contribution < -0.4 is 5.32 Å². The van der Waals surface area contributed by atoms with Crippen molar-refractivity contribution in [3.8, 4) is 0 Å². The number of sulfonamides is 1. The fourth-order valence-electron chi connectivity index (χ4n) is 3.80. The van der Waals surface area contributed by atoms with Crippen molar-refractivity contribution in [1.29, 1.82) is 0 Å². The van der Waals surface area contributed by atoms with Gasteiger partial charge in [-0.1, -0.05) is 32.0 Å². The van der Waals surface area contributed by atoms with Gasteiger partial charge in [0.15, 0.2) is 5.72 Å². The summed E-state index contributed by atoms with van der Waals surface area (Å²) in [5, 5.41) is 13.1. The monoisotopic (exact) mass is 396 g/mol. The summed E-state index contributed by atoms with van der Waals surface area (Å²) >= 11 is 0. The van der Waals surface area contributed by atoms with Gasteiger partial charge in [0.05, 0.1) is 0 Å². The molecule has 150 valence electrons. The Morgan fingerprint density at radius 3 is 2.81 bits per heavy atom. The first-order chi connectivity index (χ1) is 12.7. The molecule has 0 unspecified atom stereocenters. The number of carbonyl (C=O) groups is 1. The second kappa shape index (κ2) is 7.87. The largest absolute Gasteiger partial charge is 0.373 e. The molecule has 0 bridgehead atoms. The van der Waals surface area contributed by atoms with Gasteiger partial charge in [-0.3, -0.25) is 4.79 Å². The maximum Gasteiger partial charge on any atom is 0.219 e. The first-order valence-corrected chi connectivity index (χ1v) is 11.0. The van der Waals surface area contributed by atoms with Crippen LogP contribution in [0.5, 0.6) is 0 Å². The molecule has 0 radical (unpaired) electrons. The van der Waals surface area contributed by atoms with Crippen LogP contribution >= 0.6 is 0 Å². The maximum atomic E-state index is 13.0. The van der Waals surface area contributed by atoms with Crippen LogP contribution in [-0.2, 0) is 32.5 Å². The van der Waals surface area contributed by atoms with Crippen molar-refractivity contribution in [1.82, 2.24) is 9.62 Å². The van der Waals surface area contributed by atoms with Gasteiger partial charge in [0.25, 0.3) is 0 Å². The first kappa shape index (κ1) is 20.3. The highest BCUT2D eigenvalue weighted by atomic mass is 32.2. The highest BCUT2D eigenvalue weighted by Gasteiger charge is 2.45. The Kier molecular flexibility index (Phi) is 5.90. The van der Waals surface area contributed by atoms with E-state index in [-0.39, 0.29) is 6.54 Å². The van der Waals surface area contributed by atoms with Gasteiger partial charge in [0.1, 0.15) is 11.9 Å². The predicted octanol–water partition coefficient (Wildman–Crippen LogP) is 1.11. The molecule has 1 saturated heterocycles. The summed E-state index contributed by atoms with van der Waals surface area (Å²) in [5.41, 5.74) is 1.48. The number of rotatable bonds is 7. The van der Waals surface area contributed by atoms with Gasteiger partial charge in [-0.15, -0.1) is 0 Å². The van der Waals surface area contributed by atoms with Gasteiger partial charge in [0.2, 0.25) is 16.4 Å². The minimum absolute atomic E-state index is 0.277. The lowest BCUT2D eigenvalue weighted by Gasteiger charge is -2.35. The Morgan fingerprint density at radius 1 is 1.41 bits per heavy atom. The standard InChI is InChI=1S/C19H28N2O5S/c1-14(2)15-5-6-17-11-21(8-7-16(17)10-15)27(24,25)12-19(23,20-13-22)18-4-3-9-26-18/h5-6,10,13-14,18,23H,3-4,7-9,11-12H2,1-2H3,(H,20,22)/t18-,19-/m1/s1. The third-order valence-electron chi connectivity index (χ3n) is 5.44. The van der Waals surface area contributed by atoms with Gasteiger partial charge < -0.3 is 15.2 Å². The third kappa shape index (κ3) is 4.34. The highest BCUT2D eigenvalue weighted by Crippen LogP contribution is 2.28. The Hall–Kier alpha value is -1.48. The van der Waals surface area contributed by atoms with E-state index in [4.69, 9.17) is 4.74 Å². The summed E-state index contributed by atoms with van der Waals surface area (Å²) < 4.78 is 32.8. The molecule has 0 aromatic heterocycles. The molecule has 7 nitrogen and oxygen atoms in total. The normalized spacial score (nSPS) is 23.0. The predicted molar refractivity (Wildman–Crippen MR) is 102 cm³/mol. The van der Waals surface area contributed by atoms with Crippen molar-refractivity contribution in [3.63, 3.8) is 0 Å². The van der Waals surface area contributed by atoms with Crippen LogP contribution in [-0.4, -0.2) is 55.0 Å². The Bertz CT molecular complexity index is 789. The van der Waals surface area contributed by atoms with Crippen molar-refractivity contribution < 1.29 is 23.1 Å². The number of hydrogen-bond acceptors (Lipinski definition) is 5. The molecule has 1 aromatic carbocycles. The molecular formula is C19H28N2O5S. The van der Waals surface area contributed by atoms with E-state index < -0.39 is 27.6 Å². The van der Waals surface area contributed by atoms with E-state index in [9.17, 15) is 18.3 Å². The molecule has 27 heavy (non-hydrogen) atoms. The quantitative estimate of drug-likeness (QED) is 0.532. The average molecular weight is 397 g/mol. The number of amides is 1. The van der Waals surface area contributed by atoms with Crippen LogP contribution in [0.2, 0.25) is 0 Å². The summed E-state index contributed by atoms with van der Waals surface area (Å²) in [5.74, 6) is -0.170. The smallest absolute Gasteiger partial charge is 0.219 e. The molecule has 2 aliphatic rings. The van der Waals surface area contributed by atoms with Gasteiger partial charge in [-0.05, 0) is 41.9 Å². The van der Waals surface area contributed by atoms with Crippen LogP contribution in [0.4, 0.5) is 0 Å². The number of nitrogens with one attached hydrogen (secondary N) is 1. The van der Waals surface area contributed by atoms with Crippen molar-refractivity contribution in [2.24, 2.45) is 0 Å². The molecule has 0 aliphatic carbocycles. The lowest BCUT2D eigenvalue weighted by Crippen LogP contribution is -2.60. The highest BCUT2D eigenvalue weighted by molar-refractivity contribution is 7.89. The number of nitrogens with zero attached hydrogens (tertiary/aromatic N) is 1. The molecule has 8 heteroatoms. The zero-order valence-corrected chi connectivity index (χ0v) is 16.7. The molecule has 1 aromatic rings. The number of ether oxygens (including phenoxy) is 1. The van der Waals surface area contributed by atoms with Gasteiger partial charge in [-0.2, -0.15) is 4.31 Å². The second-order valence-corrected chi connectivity index (χ2v) is 9.68. The van der Waals surface area contributed by atoms with Gasteiger partial charge in [0, 0.05) is 19.7 Å². The van der Waals surface area contributed by atoms with Crippen LogP contribution in [0.15, 0.2) is 18.2 Å². The number of benzene rings is 1. The topological polar surface area (TPSA) is 95.9 Å². The van der Waals surface area contributed by atoms with Crippen molar-refractivity contribution in [2.75, 3.05) is 18.9 Å². The van der Waals surface area contributed by atoms with E-state index >= 15 is 0 Å². The molecule has 2 N–H and O–H groups in total. The van der Waals surface area contributed by atoms with Crippen LogP contribution in [0.25, 0.3) is 0 Å². The molecule has 0 saturated carbocycles. The molecule has 1 fully saturated rings. The zero-order valence-electron chi connectivity index (χ0n) is 15.8. The summed E-state index contributed by atoms with van der Waals surface area (Å²) in [7, 11) is -3.79. The van der Waals surface area contributed by atoms with E-state index in [1.165, 1.54) is 15.4 Å². The summed E-state index contributed by atoms with van der Waals surface area (Å²) in [6.07, 6.45) is 1.48. The third-order valence-corrected chi connectivity index (χ3v) is 7.34. The zero-order chi connectivity index (χ0) is 19.7. The molecule has 3 rings (SSSR count). The lowest BCUT2D eigenvalue weighted by molar-refractivity contribution is -0.127. The van der Waals surface area contributed by atoms with E-state index in [1.807, 2.05) is 12.1 Å². The molecule has 2 atom stereocenters. The summed E-state index contributed by atoms with van der Waals surface area (Å²) in [6, 6.07) is 6.18. The number of carbonyl (C=O) groups excluding carboxylic acids is 1. The van der Waals surface area contributed by atoms with E-state index in [0.29, 0.717) is 38.3 Å². The molecule has 1 amide bonds. The van der Waals surface area contributed by atoms with E-state index in [0.717, 1.165) is 12.0 Å². The maximum absolute atomic E-state index is 13.0. The fraction of sp³-hybridized carbons (Fsp3) is 0.632. The van der Waals surface area contributed by atoms with Gasteiger partial charge in [-0.25, -0.2) is 8.42 Å². The molecule has 2 aliphatic heterocycles. The van der Waals surface area contributed by atoms with Crippen LogP contribution in [0.1, 0.15) is 49.3 Å².